The number of nitrogens with zero attached hydrogens (tertiary/aromatic N) is 1. The van der Waals surface area contributed by atoms with Crippen molar-refractivity contribution in [1.29, 1.82) is 0 Å². The molecule has 0 unspecified atom stereocenters. The summed E-state index contributed by atoms with van der Waals surface area (Å²) in [5.41, 5.74) is 6.53. The van der Waals surface area contributed by atoms with Crippen LogP contribution in [0, 0.1) is 6.92 Å². The van der Waals surface area contributed by atoms with Gasteiger partial charge >= 0.3 is 0 Å². The van der Waals surface area contributed by atoms with Crippen molar-refractivity contribution in [3.63, 3.8) is 0 Å². The average Bonchev–Trinajstić information content (AvgIpc) is 2.16. The molecule has 0 aromatic carbocycles. The smallest absolute Gasteiger partial charge is 0.250 e. The molecular formula is C11H18N2O. The molecule has 0 aliphatic heterocycles. The summed E-state index contributed by atoms with van der Waals surface area (Å²) in [6, 6.07) is 5.37. The molecule has 0 fully saturated rings. The van der Waals surface area contributed by atoms with Crippen LogP contribution in [0.15, 0.2) is 23.0 Å². The van der Waals surface area contributed by atoms with Crippen LogP contribution in [0.1, 0.15) is 25.0 Å². The topological polar surface area (TPSA) is 48.0 Å². The van der Waals surface area contributed by atoms with E-state index in [1.54, 1.807) is 12.1 Å². The monoisotopic (exact) mass is 194 g/mol. The minimum Gasteiger partial charge on any atom is -0.330 e. The lowest BCUT2D eigenvalue weighted by atomic mass is 10.2. The Morgan fingerprint density at radius 3 is 2.71 bits per heavy atom. The number of aromatic nitrogens is 1. The van der Waals surface area contributed by atoms with Gasteiger partial charge in [-0.1, -0.05) is 12.5 Å². The molecule has 14 heavy (non-hydrogen) atoms. The van der Waals surface area contributed by atoms with Crippen LogP contribution in [-0.2, 0) is 6.54 Å². The number of nitrogens with two attached hydrogens (primary N) is 1. The third-order valence-corrected chi connectivity index (χ3v) is 2.35. The maximum absolute atomic E-state index is 11.4. The molecule has 1 aromatic rings. The van der Waals surface area contributed by atoms with E-state index in [1.807, 2.05) is 17.6 Å². The molecule has 0 spiro atoms. The van der Waals surface area contributed by atoms with Crippen molar-refractivity contribution in [3.8, 4) is 0 Å². The van der Waals surface area contributed by atoms with E-state index in [2.05, 4.69) is 0 Å². The predicted octanol–water partition coefficient (Wildman–Crippen LogP) is 1.29. The fourth-order valence-electron chi connectivity index (χ4n) is 1.50. The summed E-state index contributed by atoms with van der Waals surface area (Å²) in [4.78, 5) is 11.4. The van der Waals surface area contributed by atoms with Crippen molar-refractivity contribution >= 4 is 0 Å². The van der Waals surface area contributed by atoms with Crippen molar-refractivity contribution in [2.45, 2.75) is 32.7 Å². The number of hydrogen-bond donors (Lipinski definition) is 1. The maximum Gasteiger partial charge on any atom is 0.250 e. The van der Waals surface area contributed by atoms with E-state index >= 15 is 0 Å². The van der Waals surface area contributed by atoms with Gasteiger partial charge in [-0.25, -0.2) is 0 Å². The zero-order valence-electron chi connectivity index (χ0n) is 8.70. The van der Waals surface area contributed by atoms with E-state index in [-0.39, 0.29) is 5.56 Å². The SMILES string of the molecule is Cc1cccc(=O)n1CCCCCN. The van der Waals surface area contributed by atoms with E-state index in [1.165, 1.54) is 0 Å². The lowest BCUT2D eigenvalue weighted by Gasteiger charge is -2.08. The van der Waals surface area contributed by atoms with Gasteiger partial charge in [0.05, 0.1) is 0 Å². The maximum atomic E-state index is 11.4. The molecule has 0 amide bonds. The van der Waals surface area contributed by atoms with Gasteiger partial charge in [0.2, 0.25) is 0 Å². The fraction of sp³-hybridized carbons (Fsp3) is 0.545. The van der Waals surface area contributed by atoms with Crippen molar-refractivity contribution in [3.05, 3.63) is 34.2 Å². The summed E-state index contributed by atoms with van der Waals surface area (Å²) >= 11 is 0. The first-order valence-electron chi connectivity index (χ1n) is 5.12. The van der Waals surface area contributed by atoms with Crippen LogP contribution < -0.4 is 11.3 Å². The molecule has 0 atom stereocenters. The molecule has 1 aromatic heterocycles. The van der Waals surface area contributed by atoms with Crippen molar-refractivity contribution < 1.29 is 0 Å². The van der Waals surface area contributed by atoms with Gasteiger partial charge in [0.15, 0.2) is 0 Å². The summed E-state index contributed by atoms with van der Waals surface area (Å²) in [5, 5.41) is 0. The van der Waals surface area contributed by atoms with Gasteiger partial charge in [-0.2, -0.15) is 0 Å². The second kappa shape index (κ2) is 5.60. The Labute approximate surface area is 84.6 Å². The van der Waals surface area contributed by atoms with E-state index < -0.39 is 0 Å². The number of unbranched alkanes of at least 4 members (excludes halogenated alkanes) is 2. The standard InChI is InChI=1S/C11H18N2O/c1-10-6-5-7-11(14)13(10)9-4-2-3-8-12/h5-7H,2-4,8-9,12H2,1H3. The van der Waals surface area contributed by atoms with E-state index in [0.717, 1.165) is 38.0 Å². The highest BCUT2D eigenvalue weighted by atomic mass is 16.1. The largest absolute Gasteiger partial charge is 0.330 e. The Kier molecular flexibility index (Phi) is 4.40. The molecule has 0 radical (unpaired) electrons. The zero-order chi connectivity index (χ0) is 10.4. The summed E-state index contributed by atoms with van der Waals surface area (Å²) in [6.07, 6.45) is 3.17. The molecule has 0 bridgehead atoms. The Balaban J connectivity index is 2.54. The van der Waals surface area contributed by atoms with Crippen LogP contribution in [0.2, 0.25) is 0 Å². The highest BCUT2D eigenvalue weighted by Gasteiger charge is 1.97. The van der Waals surface area contributed by atoms with E-state index in [4.69, 9.17) is 5.73 Å². The van der Waals surface area contributed by atoms with Gasteiger partial charge in [0.25, 0.3) is 5.56 Å². The van der Waals surface area contributed by atoms with Gasteiger partial charge in [0, 0.05) is 18.3 Å². The van der Waals surface area contributed by atoms with Gasteiger partial charge in [-0.3, -0.25) is 4.79 Å². The quantitative estimate of drug-likeness (QED) is 0.718. The lowest BCUT2D eigenvalue weighted by Crippen LogP contribution is -2.20. The molecule has 2 N–H and O–H groups in total. The van der Waals surface area contributed by atoms with Crippen LogP contribution in [0.25, 0.3) is 0 Å². The summed E-state index contributed by atoms with van der Waals surface area (Å²) in [5.74, 6) is 0. The Morgan fingerprint density at radius 2 is 2.07 bits per heavy atom. The third-order valence-electron chi connectivity index (χ3n) is 2.35. The van der Waals surface area contributed by atoms with Crippen LogP contribution in [0.3, 0.4) is 0 Å². The van der Waals surface area contributed by atoms with Crippen molar-refractivity contribution in [2.75, 3.05) is 6.54 Å². The Morgan fingerprint density at radius 1 is 1.29 bits per heavy atom. The first kappa shape index (κ1) is 11.0. The molecule has 0 saturated heterocycles. The first-order valence-corrected chi connectivity index (χ1v) is 5.12. The molecule has 3 heteroatoms. The van der Waals surface area contributed by atoms with Gasteiger partial charge < -0.3 is 10.3 Å². The van der Waals surface area contributed by atoms with Crippen molar-refractivity contribution in [2.24, 2.45) is 5.73 Å². The van der Waals surface area contributed by atoms with Gasteiger partial charge in [0.1, 0.15) is 0 Å². The highest BCUT2D eigenvalue weighted by Crippen LogP contribution is 1.99. The highest BCUT2D eigenvalue weighted by molar-refractivity contribution is 5.04. The van der Waals surface area contributed by atoms with E-state index in [9.17, 15) is 4.79 Å². The second-order valence-electron chi connectivity index (χ2n) is 3.51. The minimum atomic E-state index is 0.0951. The number of aryl methyl sites for hydroxylation is 1. The van der Waals surface area contributed by atoms with Crippen LogP contribution in [0.5, 0.6) is 0 Å². The normalized spacial score (nSPS) is 10.4. The number of rotatable bonds is 5. The molecule has 0 aliphatic carbocycles. The molecule has 3 nitrogen and oxygen atoms in total. The fourth-order valence-corrected chi connectivity index (χ4v) is 1.50. The zero-order valence-corrected chi connectivity index (χ0v) is 8.70. The minimum absolute atomic E-state index is 0.0951. The summed E-state index contributed by atoms with van der Waals surface area (Å²) in [6.45, 7) is 3.51. The van der Waals surface area contributed by atoms with Gasteiger partial charge in [-0.05, 0) is 32.4 Å². The Bertz CT molecular complexity index is 330. The first-order chi connectivity index (χ1) is 6.75. The van der Waals surface area contributed by atoms with E-state index in [0.29, 0.717) is 0 Å². The summed E-state index contributed by atoms with van der Waals surface area (Å²) < 4.78 is 1.82. The van der Waals surface area contributed by atoms with Crippen LogP contribution >= 0.6 is 0 Å². The van der Waals surface area contributed by atoms with Gasteiger partial charge in [-0.15, -0.1) is 0 Å². The third kappa shape index (κ3) is 3.00. The van der Waals surface area contributed by atoms with Crippen molar-refractivity contribution in [1.82, 2.24) is 4.57 Å². The molecule has 1 heterocycles. The number of pyridine rings is 1. The van der Waals surface area contributed by atoms with Crippen LogP contribution in [-0.4, -0.2) is 11.1 Å². The lowest BCUT2D eigenvalue weighted by molar-refractivity contribution is 0.568. The molecule has 0 aliphatic rings. The predicted molar refractivity (Wildman–Crippen MR) is 58.3 cm³/mol. The second-order valence-corrected chi connectivity index (χ2v) is 3.51. The summed E-state index contributed by atoms with van der Waals surface area (Å²) in [7, 11) is 0. The Hall–Kier alpha value is -1.09. The molecule has 0 saturated carbocycles. The number of hydrogen-bond acceptors (Lipinski definition) is 2. The average molecular weight is 194 g/mol. The van der Waals surface area contributed by atoms with Crippen LogP contribution in [0.4, 0.5) is 0 Å². The molecule has 78 valence electrons. The molecular weight excluding hydrogens is 176 g/mol. The molecule has 1 rings (SSSR count).